The second-order valence-corrected chi connectivity index (χ2v) is 6.89. The summed E-state index contributed by atoms with van der Waals surface area (Å²) in [5.41, 5.74) is 2.97. The molecule has 0 spiro atoms. The molecule has 4 rings (SSSR count). The van der Waals surface area contributed by atoms with Gasteiger partial charge in [-0.15, -0.1) is 0 Å². The molecule has 0 saturated carbocycles. The Bertz CT molecular complexity index is 973. The molecule has 1 amide bonds. The molecule has 5 heteroatoms. The highest BCUT2D eigenvalue weighted by molar-refractivity contribution is 6.33. The van der Waals surface area contributed by atoms with Crippen LogP contribution < -0.4 is 0 Å². The van der Waals surface area contributed by atoms with E-state index in [1.807, 2.05) is 66.4 Å². The van der Waals surface area contributed by atoms with Crippen LogP contribution in [0.1, 0.15) is 17.3 Å². The van der Waals surface area contributed by atoms with Crippen molar-refractivity contribution in [3.8, 4) is 11.3 Å². The third-order valence-corrected chi connectivity index (χ3v) is 4.95. The number of hydrogen-bond acceptors (Lipinski definition) is 3. The third-order valence-electron chi connectivity index (χ3n) is 4.62. The van der Waals surface area contributed by atoms with Gasteiger partial charge in [-0.25, -0.2) is 4.98 Å². The molecule has 0 radical (unpaired) electrons. The number of aromatic nitrogens is 1. The number of carbonyl (C=O) groups excluding carboxylic acids is 1. The second-order valence-electron chi connectivity index (χ2n) is 6.48. The maximum Gasteiger partial charge on any atom is 0.254 e. The summed E-state index contributed by atoms with van der Waals surface area (Å²) in [4.78, 5) is 19.8. The second kappa shape index (κ2) is 7.06. The molecular formula is C21H19ClN2O2. The Labute approximate surface area is 157 Å². The van der Waals surface area contributed by atoms with Crippen molar-refractivity contribution < 1.29 is 9.53 Å². The molecule has 1 saturated heterocycles. The first-order chi connectivity index (χ1) is 12.6. The van der Waals surface area contributed by atoms with E-state index in [2.05, 4.69) is 0 Å². The Hall–Kier alpha value is -2.43. The summed E-state index contributed by atoms with van der Waals surface area (Å²) in [7, 11) is 0. The van der Waals surface area contributed by atoms with Crippen molar-refractivity contribution in [1.29, 1.82) is 0 Å². The van der Waals surface area contributed by atoms with Gasteiger partial charge in [-0.05, 0) is 25.1 Å². The zero-order chi connectivity index (χ0) is 18.1. The van der Waals surface area contributed by atoms with E-state index in [1.54, 1.807) is 0 Å². The molecule has 3 aromatic rings. The van der Waals surface area contributed by atoms with Gasteiger partial charge in [0.15, 0.2) is 0 Å². The van der Waals surface area contributed by atoms with Gasteiger partial charge < -0.3 is 9.64 Å². The number of morpholine rings is 1. The Morgan fingerprint density at radius 2 is 1.96 bits per heavy atom. The van der Waals surface area contributed by atoms with E-state index in [-0.39, 0.29) is 12.0 Å². The quantitative estimate of drug-likeness (QED) is 0.674. The fraction of sp³-hybridized carbons (Fsp3) is 0.238. The summed E-state index contributed by atoms with van der Waals surface area (Å²) in [5.74, 6) is 0.00653. The zero-order valence-corrected chi connectivity index (χ0v) is 15.2. The van der Waals surface area contributed by atoms with Crippen molar-refractivity contribution in [2.24, 2.45) is 0 Å². The molecule has 0 N–H and O–H groups in total. The minimum Gasteiger partial charge on any atom is -0.375 e. The van der Waals surface area contributed by atoms with Crippen molar-refractivity contribution in [2.45, 2.75) is 13.0 Å². The fourth-order valence-corrected chi connectivity index (χ4v) is 3.57. The van der Waals surface area contributed by atoms with Gasteiger partial charge in [0.2, 0.25) is 0 Å². The highest BCUT2D eigenvalue weighted by Gasteiger charge is 2.24. The van der Waals surface area contributed by atoms with E-state index >= 15 is 0 Å². The lowest BCUT2D eigenvalue weighted by atomic mass is 10.0. The number of fused-ring (bicyclic) bond motifs is 1. The molecular weight excluding hydrogens is 348 g/mol. The number of halogens is 1. The van der Waals surface area contributed by atoms with Gasteiger partial charge in [-0.3, -0.25) is 4.79 Å². The normalized spacial score (nSPS) is 17.5. The van der Waals surface area contributed by atoms with E-state index in [0.29, 0.717) is 36.0 Å². The standard InChI is InChI=1S/C21H19ClN2O2/c1-14-13-24(10-11-26-14)21(25)17-12-20(16-7-2-4-8-18(16)22)23-19-9-5-3-6-15(17)19/h2-9,12,14H,10-11,13H2,1H3. The first-order valence-corrected chi connectivity index (χ1v) is 9.07. The van der Waals surface area contributed by atoms with Gasteiger partial charge >= 0.3 is 0 Å². The first kappa shape index (κ1) is 17.0. The predicted octanol–water partition coefficient (Wildman–Crippen LogP) is 4.42. The van der Waals surface area contributed by atoms with E-state index in [9.17, 15) is 4.79 Å². The minimum absolute atomic E-state index is 0.00653. The third kappa shape index (κ3) is 3.18. The van der Waals surface area contributed by atoms with Crippen LogP contribution in [0.3, 0.4) is 0 Å². The average molecular weight is 367 g/mol. The number of carbonyl (C=O) groups is 1. The van der Waals surface area contributed by atoms with Crippen LogP contribution in [0.15, 0.2) is 54.6 Å². The molecule has 1 atom stereocenters. The monoisotopic (exact) mass is 366 g/mol. The van der Waals surface area contributed by atoms with Gasteiger partial charge in [-0.1, -0.05) is 48.0 Å². The SMILES string of the molecule is CC1CN(C(=O)c2cc(-c3ccccc3Cl)nc3ccccc23)CCO1. The number of nitrogens with zero attached hydrogens (tertiary/aromatic N) is 2. The minimum atomic E-state index is 0.00653. The number of rotatable bonds is 2. The first-order valence-electron chi connectivity index (χ1n) is 8.69. The van der Waals surface area contributed by atoms with Gasteiger partial charge in [0.05, 0.1) is 29.5 Å². The number of amides is 1. The van der Waals surface area contributed by atoms with E-state index in [4.69, 9.17) is 21.3 Å². The number of ether oxygens (including phenoxy) is 1. The Morgan fingerprint density at radius 3 is 2.77 bits per heavy atom. The van der Waals surface area contributed by atoms with Crippen LogP contribution in [0, 0.1) is 0 Å². The van der Waals surface area contributed by atoms with Crippen molar-refractivity contribution >= 4 is 28.4 Å². The topological polar surface area (TPSA) is 42.4 Å². The van der Waals surface area contributed by atoms with Crippen molar-refractivity contribution in [2.75, 3.05) is 19.7 Å². The fourth-order valence-electron chi connectivity index (χ4n) is 3.33. The predicted molar refractivity (Wildman–Crippen MR) is 104 cm³/mol. The van der Waals surface area contributed by atoms with Gasteiger partial charge in [-0.2, -0.15) is 0 Å². The van der Waals surface area contributed by atoms with Crippen LogP contribution in [0.2, 0.25) is 5.02 Å². The zero-order valence-electron chi connectivity index (χ0n) is 14.5. The van der Waals surface area contributed by atoms with E-state index in [0.717, 1.165) is 16.5 Å². The lowest BCUT2D eigenvalue weighted by Crippen LogP contribution is -2.44. The van der Waals surface area contributed by atoms with Gasteiger partial charge in [0.25, 0.3) is 5.91 Å². The molecule has 4 nitrogen and oxygen atoms in total. The summed E-state index contributed by atoms with van der Waals surface area (Å²) in [6.07, 6.45) is 0.0452. The Kier molecular flexibility index (Phi) is 4.62. The number of benzene rings is 2. The van der Waals surface area contributed by atoms with Gasteiger partial charge in [0, 0.05) is 29.1 Å². The summed E-state index contributed by atoms with van der Waals surface area (Å²) in [5, 5.41) is 1.47. The summed E-state index contributed by atoms with van der Waals surface area (Å²) >= 11 is 6.36. The van der Waals surface area contributed by atoms with Crippen molar-refractivity contribution in [3.63, 3.8) is 0 Å². The smallest absolute Gasteiger partial charge is 0.254 e. The van der Waals surface area contributed by atoms with Crippen molar-refractivity contribution in [1.82, 2.24) is 9.88 Å². The maximum absolute atomic E-state index is 13.2. The summed E-state index contributed by atoms with van der Waals surface area (Å²) in [6, 6.07) is 17.1. The van der Waals surface area contributed by atoms with Crippen LogP contribution in [0.25, 0.3) is 22.2 Å². The van der Waals surface area contributed by atoms with Crippen LogP contribution in [-0.4, -0.2) is 41.6 Å². The van der Waals surface area contributed by atoms with E-state index < -0.39 is 0 Å². The maximum atomic E-state index is 13.2. The average Bonchev–Trinajstić information content (AvgIpc) is 2.67. The van der Waals surface area contributed by atoms with Gasteiger partial charge in [0.1, 0.15) is 0 Å². The molecule has 1 aliphatic heterocycles. The molecule has 1 unspecified atom stereocenters. The lowest BCUT2D eigenvalue weighted by molar-refractivity contribution is -0.0123. The summed E-state index contributed by atoms with van der Waals surface area (Å²) < 4.78 is 5.57. The molecule has 1 aliphatic rings. The molecule has 2 aromatic carbocycles. The van der Waals surface area contributed by atoms with Crippen LogP contribution in [-0.2, 0) is 4.74 Å². The van der Waals surface area contributed by atoms with Crippen LogP contribution in [0.5, 0.6) is 0 Å². The number of pyridine rings is 1. The molecule has 26 heavy (non-hydrogen) atoms. The Balaban J connectivity index is 1.85. The molecule has 1 fully saturated rings. The summed E-state index contributed by atoms with van der Waals surface area (Å²) in [6.45, 7) is 3.74. The van der Waals surface area contributed by atoms with Crippen LogP contribution in [0.4, 0.5) is 0 Å². The lowest BCUT2D eigenvalue weighted by Gasteiger charge is -2.31. The number of hydrogen-bond donors (Lipinski definition) is 0. The molecule has 0 aliphatic carbocycles. The molecule has 1 aromatic heterocycles. The molecule has 2 heterocycles. The van der Waals surface area contributed by atoms with E-state index in [1.165, 1.54) is 0 Å². The number of para-hydroxylation sites is 1. The highest BCUT2D eigenvalue weighted by atomic mass is 35.5. The Morgan fingerprint density at radius 1 is 1.19 bits per heavy atom. The highest BCUT2D eigenvalue weighted by Crippen LogP contribution is 2.30. The van der Waals surface area contributed by atoms with Crippen LogP contribution >= 0.6 is 11.6 Å². The molecule has 0 bridgehead atoms. The largest absolute Gasteiger partial charge is 0.375 e. The van der Waals surface area contributed by atoms with Crippen molar-refractivity contribution in [3.05, 3.63) is 65.2 Å². The molecule has 132 valence electrons.